The number of carbonyl (C=O) groups is 3. The van der Waals surface area contributed by atoms with Crippen LogP contribution in [0.4, 0.5) is 4.79 Å². The Kier molecular flexibility index (Phi) is 8.32. The number of carbonyl (C=O) groups excluding carboxylic acids is 2. The molecule has 0 fully saturated rings. The van der Waals surface area contributed by atoms with Crippen LogP contribution in [0.3, 0.4) is 0 Å². The van der Waals surface area contributed by atoms with Crippen LogP contribution in [0.2, 0.25) is 0 Å². The van der Waals surface area contributed by atoms with Crippen molar-refractivity contribution < 1.29 is 19.5 Å². The molecule has 0 aliphatic carbocycles. The van der Waals surface area contributed by atoms with Crippen LogP contribution in [0, 0.1) is 0 Å². The molecule has 7 heteroatoms. The third-order valence-electron chi connectivity index (χ3n) is 2.55. The molecule has 0 bridgehead atoms. The van der Waals surface area contributed by atoms with Gasteiger partial charge in [-0.2, -0.15) is 0 Å². The largest absolute Gasteiger partial charge is 0.481 e. The zero-order valence-corrected chi connectivity index (χ0v) is 11.5. The summed E-state index contributed by atoms with van der Waals surface area (Å²) >= 11 is 0. The topological polar surface area (TPSA) is 113 Å². The molecule has 110 valence electrons. The first-order valence-corrected chi connectivity index (χ1v) is 6.39. The number of unbranched alkanes of at least 4 members (excludes halogenated alkanes) is 2. The van der Waals surface area contributed by atoms with E-state index in [0.717, 1.165) is 6.42 Å². The lowest BCUT2D eigenvalue weighted by atomic mass is 10.2. The molecule has 7 nitrogen and oxygen atoms in total. The highest BCUT2D eigenvalue weighted by atomic mass is 16.4. The van der Waals surface area contributed by atoms with Crippen LogP contribution in [0.15, 0.2) is 0 Å². The number of primary amides is 1. The molecule has 0 unspecified atom stereocenters. The molecule has 4 N–H and O–H groups in total. The lowest BCUT2D eigenvalue weighted by Crippen LogP contribution is -2.48. The van der Waals surface area contributed by atoms with E-state index in [1.807, 2.05) is 0 Å². The van der Waals surface area contributed by atoms with Gasteiger partial charge in [-0.15, -0.1) is 0 Å². The number of aliphatic carboxylic acids is 1. The highest BCUT2D eigenvalue weighted by Crippen LogP contribution is 2.01. The molecular weight excluding hydrogens is 250 g/mol. The van der Waals surface area contributed by atoms with Gasteiger partial charge in [0.2, 0.25) is 5.91 Å². The molecule has 19 heavy (non-hydrogen) atoms. The van der Waals surface area contributed by atoms with E-state index in [9.17, 15) is 14.4 Å². The molecule has 0 aliphatic heterocycles. The summed E-state index contributed by atoms with van der Waals surface area (Å²) in [7, 11) is 0. The van der Waals surface area contributed by atoms with Gasteiger partial charge in [-0.05, 0) is 26.7 Å². The van der Waals surface area contributed by atoms with E-state index in [4.69, 9.17) is 10.8 Å². The third kappa shape index (κ3) is 8.87. The standard InChI is InChI=1S/C12H23N3O4/c1-9(2)15(8-10(13)16)12(19)14-7-5-3-4-6-11(17)18/h9H,3-8H2,1-2H3,(H2,13,16)(H,14,19)(H,17,18). The van der Waals surface area contributed by atoms with E-state index in [0.29, 0.717) is 19.4 Å². The number of nitrogens with zero attached hydrogens (tertiary/aromatic N) is 1. The fraction of sp³-hybridized carbons (Fsp3) is 0.750. The van der Waals surface area contributed by atoms with Crippen molar-refractivity contribution in [3.63, 3.8) is 0 Å². The van der Waals surface area contributed by atoms with Gasteiger partial charge in [0.1, 0.15) is 6.54 Å². The Morgan fingerprint density at radius 1 is 1.21 bits per heavy atom. The quantitative estimate of drug-likeness (QED) is 0.532. The number of hydrogen-bond acceptors (Lipinski definition) is 3. The fourth-order valence-corrected chi connectivity index (χ4v) is 1.53. The first-order valence-electron chi connectivity index (χ1n) is 6.39. The lowest BCUT2D eigenvalue weighted by Gasteiger charge is -2.25. The number of rotatable bonds is 9. The predicted octanol–water partition coefficient (Wildman–Crippen LogP) is 0.537. The summed E-state index contributed by atoms with van der Waals surface area (Å²) in [6, 6.07) is -0.438. The van der Waals surface area contributed by atoms with Crippen molar-refractivity contribution in [3.05, 3.63) is 0 Å². The Hall–Kier alpha value is -1.79. The molecule has 0 spiro atoms. The van der Waals surface area contributed by atoms with Gasteiger partial charge in [0.05, 0.1) is 0 Å². The Balaban J connectivity index is 3.87. The van der Waals surface area contributed by atoms with Crippen molar-refractivity contribution in [3.8, 4) is 0 Å². The average Bonchev–Trinajstić information content (AvgIpc) is 2.29. The fourth-order valence-electron chi connectivity index (χ4n) is 1.53. The maximum Gasteiger partial charge on any atom is 0.318 e. The molecule has 0 saturated carbocycles. The number of carboxylic acids is 1. The molecule has 0 radical (unpaired) electrons. The van der Waals surface area contributed by atoms with Crippen LogP contribution in [0.1, 0.15) is 39.5 Å². The van der Waals surface area contributed by atoms with Gasteiger partial charge in [-0.1, -0.05) is 6.42 Å². The van der Waals surface area contributed by atoms with Gasteiger partial charge in [0.15, 0.2) is 0 Å². The maximum absolute atomic E-state index is 11.8. The van der Waals surface area contributed by atoms with Gasteiger partial charge < -0.3 is 21.1 Å². The van der Waals surface area contributed by atoms with E-state index < -0.39 is 11.9 Å². The normalized spacial score (nSPS) is 10.3. The molecule has 3 amide bonds. The summed E-state index contributed by atoms with van der Waals surface area (Å²) in [6.07, 6.45) is 2.19. The van der Waals surface area contributed by atoms with Crippen molar-refractivity contribution in [1.82, 2.24) is 10.2 Å². The highest BCUT2D eigenvalue weighted by Gasteiger charge is 2.18. The van der Waals surface area contributed by atoms with Crippen molar-refractivity contribution >= 4 is 17.9 Å². The highest BCUT2D eigenvalue weighted by molar-refractivity contribution is 5.83. The Bertz CT molecular complexity index is 318. The predicted molar refractivity (Wildman–Crippen MR) is 70.5 cm³/mol. The van der Waals surface area contributed by atoms with Crippen LogP contribution in [0.5, 0.6) is 0 Å². The first-order chi connectivity index (χ1) is 8.84. The smallest absolute Gasteiger partial charge is 0.318 e. The van der Waals surface area contributed by atoms with E-state index in [-0.39, 0.29) is 25.0 Å². The number of hydrogen-bond donors (Lipinski definition) is 3. The first kappa shape index (κ1) is 17.2. The van der Waals surface area contributed by atoms with Crippen LogP contribution in [-0.4, -0.2) is 47.0 Å². The van der Waals surface area contributed by atoms with Crippen molar-refractivity contribution in [2.24, 2.45) is 5.73 Å². The zero-order chi connectivity index (χ0) is 14.8. The molecule has 0 heterocycles. The second-order valence-corrected chi connectivity index (χ2v) is 4.62. The Labute approximate surface area is 113 Å². The molecular formula is C12H23N3O4. The number of carboxylic acid groups (broad SMARTS) is 1. The number of nitrogens with one attached hydrogen (secondary N) is 1. The number of urea groups is 1. The van der Waals surface area contributed by atoms with E-state index >= 15 is 0 Å². The van der Waals surface area contributed by atoms with Crippen LogP contribution in [0.25, 0.3) is 0 Å². The summed E-state index contributed by atoms with van der Waals surface area (Å²) in [4.78, 5) is 34.3. The Morgan fingerprint density at radius 3 is 2.32 bits per heavy atom. The molecule has 0 atom stereocenters. The zero-order valence-electron chi connectivity index (χ0n) is 11.5. The second kappa shape index (κ2) is 9.18. The van der Waals surface area contributed by atoms with Gasteiger partial charge in [0, 0.05) is 19.0 Å². The monoisotopic (exact) mass is 273 g/mol. The van der Waals surface area contributed by atoms with Gasteiger partial charge in [-0.25, -0.2) is 4.79 Å². The SMILES string of the molecule is CC(C)N(CC(N)=O)C(=O)NCCCCCC(=O)O. The van der Waals surface area contributed by atoms with Crippen LogP contribution >= 0.6 is 0 Å². The van der Waals surface area contributed by atoms with E-state index in [1.165, 1.54) is 4.90 Å². The average molecular weight is 273 g/mol. The molecule has 0 rings (SSSR count). The minimum Gasteiger partial charge on any atom is -0.481 e. The molecule has 0 aliphatic rings. The Morgan fingerprint density at radius 2 is 1.84 bits per heavy atom. The summed E-state index contributed by atoms with van der Waals surface area (Å²) in [5.41, 5.74) is 5.08. The van der Waals surface area contributed by atoms with Crippen LogP contribution < -0.4 is 11.1 Å². The molecule has 0 aromatic rings. The number of nitrogens with two attached hydrogens (primary N) is 1. The van der Waals surface area contributed by atoms with Crippen LogP contribution in [-0.2, 0) is 9.59 Å². The minimum atomic E-state index is -0.809. The van der Waals surface area contributed by atoms with Gasteiger partial charge in [0.25, 0.3) is 0 Å². The van der Waals surface area contributed by atoms with Crippen molar-refractivity contribution in [2.75, 3.05) is 13.1 Å². The molecule has 0 aromatic heterocycles. The van der Waals surface area contributed by atoms with E-state index in [1.54, 1.807) is 13.8 Å². The second-order valence-electron chi connectivity index (χ2n) is 4.62. The number of amides is 3. The van der Waals surface area contributed by atoms with E-state index in [2.05, 4.69) is 5.32 Å². The molecule has 0 aromatic carbocycles. The molecule has 0 saturated heterocycles. The summed E-state index contributed by atoms with van der Waals surface area (Å²) in [6.45, 7) is 3.95. The lowest BCUT2D eigenvalue weighted by molar-refractivity contribution is -0.137. The van der Waals surface area contributed by atoms with Crippen molar-refractivity contribution in [1.29, 1.82) is 0 Å². The van der Waals surface area contributed by atoms with Gasteiger partial charge in [-0.3, -0.25) is 9.59 Å². The summed E-state index contributed by atoms with van der Waals surface area (Å²) in [5.74, 6) is -1.36. The maximum atomic E-state index is 11.8. The summed E-state index contributed by atoms with van der Waals surface area (Å²) in [5, 5.41) is 11.1. The van der Waals surface area contributed by atoms with Crippen molar-refractivity contribution in [2.45, 2.75) is 45.6 Å². The minimum absolute atomic E-state index is 0.109. The van der Waals surface area contributed by atoms with Gasteiger partial charge >= 0.3 is 12.0 Å². The summed E-state index contributed by atoms with van der Waals surface area (Å²) < 4.78 is 0. The third-order valence-corrected chi connectivity index (χ3v) is 2.55.